The largest absolute Gasteiger partial charge is 0.312 e. The Morgan fingerprint density at radius 1 is 1.25 bits per heavy atom. The van der Waals surface area contributed by atoms with Crippen LogP contribution in [0.15, 0.2) is 24.3 Å². The molecular formula is C14H22N2. The zero-order valence-corrected chi connectivity index (χ0v) is 10.5. The summed E-state index contributed by atoms with van der Waals surface area (Å²) in [5.41, 5.74) is 3.05. The summed E-state index contributed by atoms with van der Waals surface area (Å²) in [6.07, 6.45) is 2.38. The molecule has 0 radical (unpaired) electrons. The number of likely N-dealkylation sites (N-methyl/N-ethyl adjacent to an activating group) is 1. The van der Waals surface area contributed by atoms with E-state index in [1.165, 1.54) is 24.0 Å². The first-order valence-corrected chi connectivity index (χ1v) is 6.13. The molecule has 1 atom stereocenters. The molecule has 0 bridgehead atoms. The van der Waals surface area contributed by atoms with Crippen LogP contribution in [0.25, 0.3) is 0 Å². The highest BCUT2D eigenvalue weighted by Gasteiger charge is 2.20. The van der Waals surface area contributed by atoms with Gasteiger partial charge in [-0.25, -0.2) is 0 Å². The van der Waals surface area contributed by atoms with Crippen LogP contribution in [0.5, 0.6) is 0 Å². The molecule has 0 spiro atoms. The lowest BCUT2D eigenvalue weighted by atomic mass is 10.1. The van der Waals surface area contributed by atoms with E-state index in [9.17, 15) is 0 Å². The van der Waals surface area contributed by atoms with E-state index < -0.39 is 0 Å². The van der Waals surface area contributed by atoms with Crippen molar-refractivity contribution in [1.29, 1.82) is 0 Å². The topological polar surface area (TPSA) is 15.3 Å². The third-order valence-electron chi connectivity index (χ3n) is 3.63. The van der Waals surface area contributed by atoms with Gasteiger partial charge in [0, 0.05) is 18.6 Å². The number of nitrogens with zero attached hydrogens (tertiary/aromatic N) is 1. The number of rotatable bonds is 4. The van der Waals surface area contributed by atoms with Gasteiger partial charge in [0.15, 0.2) is 0 Å². The third-order valence-corrected chi connectivity index (χ3v) is 3.63. The van der Waals surface area contributed by atoms with Gasteiger partial charge >= 0.3 is 0 Å². The molecule has 16 heavy (non-hydrogen) atoms. The summed E-state index contributed by atoms with van der Waals surface area (Å²) in [7, 11) is 4.27. The summed E-state index contributed by atoms with van der Waals surface area (Å²) in [5, 5.41) is 3.67. The summed E-state index contributed by atoms with van der Waals surface area (Å²) < 4.78 is 0. The van der Waals surface area contributed by atoms with E-state index in [4.69, 9.17) is 0 Å². The van der Waals surface area contributed by atoms with Gasteiger partial charge in [0.05, 0.1) is 0 Å². The van der Waals surface area contributed by atoms with Gasteiger partial charge in [-0.3, -0.25) is 0 Å². The Kier molecular flexibility index (Phi) is 3.62. The van der Waals surface area contributed by atoms with Crippen LogP contribution >= 0.6 is 0 Å². The molecule has 1 unspecified atom stereocenters. The van der Waals surface area contributed by atoms with Crippen LogP contribution in [0.4, 0.5) is 0 Å². The van der Waals surface area contributed by atoms with Crippen LogP contribution < -0.4 is 5.32 Å². The first kappa shape index (κ1) is 11.6. The number of hydrogen-bond donors (Lipinski definition) is 1. The van der Waals surface area contributed by atoms with Crippen LogP contribution in [-0.2, 0) is 12.8 Å². The highest BCUT2D eigenvalue weighted by atomic mass is 15.1. The van der Waals surface area contributed by atoms with Crippen molar-refractivity contribution in [2.24, 2.45) is 0 Å². The number of nitrogens with one attached hydrogen (secondary N) is 1. The standard InChI is InChI=1S/C14H22N2/c1-11(16(2)3)10-15-14-8-12-6-4-5-7-13(12)9-14/h4-7,11,14-15H,8-10H2,1-3H3. The molecular weight excluding hydrogens is 196 g/mol. The smallest absolute Gasteiger partial charge is 0.0186 e. The van der Waals surface area contributed by atoms with E-state index in [-0.39, 0.29) is 0 Å². The van der Waals surface area contributed by atoms with Gasteiger partial charge in [-0.15, -0.1) is 0 Å². The summed E-state index contributed by atoms with van der Waals surface area (Å²) in [5.74, 6) is 0. The maximum atomic E-state index is 3.67. The van der Waals surface area contributed by atoms with Crippen LogP contribution in [0.2, 0.25) is 0 Å². The number of benzene rings is 1. The Balaban J connectivity index is 1.83. The molecule has 1 N–H and O–H groups in total. The molecule has 0 aliphatic heterocycles. The van der Waals surface area contributed by atoms with Crippen LogP contribution in [0, 0.1) is 0 Å². The summed E-state index contributed by atoms with van der Waals surface area (Å²) in [4.78, 5) is 2.26. The highest BCUT2D eigenvalue weighted by molar-refractivity contribution is 5.33. The molecule has 2 heteroatoms. The Bertz CT molecular complexity index is 321. The molecule has 0 heterocycles. The first-order chi connectivity index (χ1) is 7.66. The zero-order chi connectivity index (χ0) is 11.5. The monoisotopic (exact) mass is 218 g/mol. The van der Waals surface area contributed by atoms with Gasteiger partial charge in [-0.1, -0.05) is 24.3 Å². The van der Waals surface area contributed by atoms with Crippen molar-refractivity contribution in [2.75, 3.05) is 20.6 Å². The van der Waals surface area contributed by atoms with E-state index in [0.29, 0.717) is 12.1 Å². The molecule has 0 fully saturated rings. The van der Waals surface area contributed by atoms with E-state index in [2.05, 4.69) is 55.5 Å². The second-order valence-electron chi connectivity index (χ2n) is 5.09. The predicted molar refractivity (Wildman–Crippen MR) is 68.8 cm³/mol. The van der Waals surface area contributed by atoms with Crippen LogP contribution in [0.1, 0.15) is 18.1 Å². The Morgan fingerprint density at radius 2 is 1.81 bits per heavy atom. The third kappa shape index (κ3) is 2.63. The normalized spacial score (nSPS) is 17.8. The van der Waals surface area contributed by atoms with Crippen LogP contribution in [0.3, 0.4) is 0 Å². The maximum absolute atomic E-state index is 3.67. The van der Waals surface area contributed by atoms with Crippen molar-refractivity contribution in [2.45, 2.75) is 31.8 Å². The van der Waals surface area contributed by atoms with Crippen molar-refractivity contribution < 1.29 is 0 Å². The second kappa shape index (κ2) is 4.98. The van der Waals surface area contributed by atoms with Crippen molar-refractivity contribution >= 4 is 0 Å². The van der Waals surface area contributed by atoms with E-state index >= 15 is 0 Å². The lowest BCUT2D eigenvalue weighted by Gasteiger charge is -2.22. The average Bonchev–Trinajstić information content (AvgIpc) is 2.68. The van der Waals surface area contributed by atoms with E-state index in [1.54, 1.807) is 0 Å². The quantitative estimate of drug-likeness (QED) is 0.827. The minimum absolute atomic E-state index is 0.601. The number of fused-ring (bicyclic) bond motifs is 1. The van der Waals surface area contributed by atoms with Crippen molar-refractivity contribution in [3.63, 3.8) is 0 Å². The van der Waals surface area contributed by atoms with Gasteiger partial charge < -0.3 is 10.2 Å². The minimum Gasteiger partial charge on any atom is -0.312 e. The fourth-order valence-corrected chi connectivity index (χ4v) is 2.22. The van der Waals surface area contributed by atoms with Gasteiger partial charge in [-0.05, 0) is 45.0 Å². The average molecular weight is 218 g/mol. The van der Waals surface area contributed by atoms with E-state index in [0.717, 1.165) is 6.54 Å². The van der Waals surface area contributed by atoms with E-state index in [1.807, 2.05) is 0 Å². The molecule has 1 aromatic carbocycles. The van der Waals surface area contributed by atoms with Gasteiger partial charge in [0.2, 0.25) is 0 Å². The molecule has 0 saturated carbocycles. The Hall–Kier alpha value is -0.860. The van der Waals surface area contributed by atoms with Gasteiger partial charge in [-0.2, -0.15) is 0 Å². The molecule has 1 aliphatic rings. The van der Waals surface area contributed by atoms with Crippen molar-refractivity contribution in [3.05, 3.63) is 35.4 Å². The van der Waals surface area contributed by atoms with Gasteiger partial charge in [0.25, 0.3) is 0 Å². The summed E-state index contributed by atoms with van der Waals surface area (Å²) in [6, 6.07) is 10.0. The molecule has 1 aliphatic carbocycles. The van der Waals surface area contributed by atoms with Crippen molar-refractivity contribution in [1.82, 2.24) is 10.2 Å². The molecule has 1 aromatic rings. The lowest BCUT2D eigenvalue weighted by Crippen LogP contribution is -2.40. The molecule has 88 valence electrons. The minimum atomic E-state index is 0.601. The number of hydrogen-bond acceptors (Lipinski definition) is 2. The fourth-order valence-electron chi connectivity index (χ4n) is 2.22. The fraction of sp³-hybridized carbons (Fsp3) is 0.571. The van der Waals surface area contributed by atoms with Gasteiger partial charge in [0.1, 0.15) is 0 Å². The summed E-state index contributed by atoms with van der Waals surface area (Å²) >= 11 is 0. The molecule has 2 nitrogen and oxygen atoms in total. The molecule has 0 amide bonds. The Morgan fingerprint density at radius 3 is 2.31 bits per heavy atom. The molecule has 0 saturated heterocycles. The zero-order valence-electron chi connectivity index (χ0n) is 10.5. The maximum Gasteiger partial charge on any atom is 0.0186 e. The second-order valence-corrected chi connectivity index (χ2v) is 5.09. The van der Waals surface area contributed by atoms with Crippen LogP contribution in [-0.4, -0.2) is 37.6 Å². The molecule has 0 aromatic heterocycles. The summed E-state index contributed by atoms with van der Waals surface area (Å²) in [6.45, 7) is 3.33. The Labute approximate surface area is 98.7 Å². The SMILES string of the molecule is CC(CNC1Cc2ccccc2C1)N(C)C. The van der Waals surface area contributed by atoms with Crippen molar-refractivity contribution in [3.8, 4) is 0 Å². The lowest BCUT2D eigenvalue weighted by molar-refractivity contribution is 0.293. The molecule has 2 rings (SSSR count). The predicted octanol–water partition coefficient (Wildman–Crippen LogP) is 1.69. The highest BCUT2D eigenvalue weighted by Crippen LogP contribution is 2.21. The first-order valence-electron chi connectivity index (χ1n) is 6.13.